The van der Waals surface area contributed by atoms with Crippen molar-refractivity contribution < 1.29 is 9.39 Å². The van der Waals surface area contributed by atoms with Crippen LogP contribution in [-0.4, -0.2) is 86.1 Å². The van der Waals surface area contributed by atoms with Crippen LogP contribution in [0.5, 0.6) is 0 Å². The zero-order valence-electron chi connectivity index (χ0n) is 17.9. The normalized spacial score (nSPS) is 25.2. The van der Waals surface area contributed by atoms with Gasteiger partial charge in [0.05, 0.1) is 30.7 Å². The maximum Gasteiger partial charge on any atom is 0.256 e. The molecular weight excluding hydrogens is 422 g/mol. The summed E-state index contributed by atoms with van der Waals surface area (Å²) in [6, 6.07) is 7.93. The zero-order chi connectivity index (χ0) is 21.5. The monoisotopic (exact) mass is 448 g/mol. The fourth-order valence-corrected chi connectivity index (χ4v) is 5.97. The van der Waals surface area contributed by atoms with Crippen molar-refractivity contribution in [3.8, 4) is 5.82 Å². The molecule has 1 amide bonds. The number of amides is 1. The van der Waals surface area contributed by atoms with E-state index in [9.17, 15) is 4.79 Å². The van der Waals surface area contributed by atoms with Crippen LogP contribution in [-0.2, 0) is 4.79 Å². The standard InChI is InChI=1S/C23H26N7OS/c31-23(27-13-15-32-18-27)19-16-20-4-3-14-30(20,17-19)28-11-9-26(10-12-28)22-6-8-25-29(22)21-5-1-2-7-24-21/h1-8,14,16H,9-13,15,17-18H2/q+1/t30-/m1/s1. The first-order valence-electron chi connectivity index (χ1n) is 11.1. The van der Waals surface area contributed by atoms with Crippen LogP contribution in [0.25, 0.3) is 5.82 Å². The van der Waals surface area contributed by atoms with Gasteiger partial charge in [0.15, 0.2) is 11.5 Å². The number of carbonyl (C=O) groups excluding carboxylic acids is 1. The highest BCUT2D eigenvalue weighted by molar-refractivity contribution is 7.99. The number of nitrogens with zero attached hydrogens (tertiary/aromatic N) is 7. The molecule has 4 aliphatic heterocycles. The summed E-state index contributed by atoms with van der Waals surface area (Å²) in [5.41, 5.74) is 2.13. The van der Waals surface area contributed by atoms with Crippen molar-refractivity contribution in [1.29, 1.82) is 0 Å². The van der Waals surface area contributed by atoms with E-state index in [-0.39, 0.29) is 5.91 Å². The van der Waals surface area contributed by atoms with E-state index in [4.69, 9.17) is 0 Å². The van der Waals surface area contributed by atoms with Gasteiger partial charge >= 0.3 is 0 Å². The number of piperazine rings is 1. The highest BCUT2D eigenvalue weighted by atomic mass is 32.2. The molecule has 32 heavy (non-hydrogen) atoms. The van der Waals surface area contributed by atoms with Crippen molar-refractivity contribution in [3.05, 3.63) is 72.4 Å². The third-order valence-electron chi connectivity index (χ3n) is 6.67. The number of rotatable bonds is 4. The molecule has 6 heterocycles. The van der Waals surface area contributed by atoms with Crippen LogP contribution in [0.15, 0.2) is 72.4 Å². The van der Waals surface area contributed by atoms with Gasteiger partial charge in [-0.25, -0.2) is 4.98 Å². The lowest BCUT2D eigenvalue weighted by Crippen LogP contribution is -2.60. The number of quaternary nitrogens is 1. The van der Waals surface area contributed by atoms with E-state index < -0.39 is 0 Å². The summed E-state index contributed by atoms with van der Waals surface area (Å²) in [4.78, 5) is 21.8. The molecule has 164 valence electrons. The van der Waals surface area contributed by atoms with Gasteiger partial charge in [0.25, 0.3) is 5.91 Å². The van der Waals surface area contributed by atoms with Crippen LogP contribution in [0, 0.1) is 0 Å². The largest absolute Gasteiger partial charge is 0.353 e. The van der Waals surface area contributed by atoms with Crippen LogP contribution in [0.1, 0.15) is 0 Å². The van der Waals surface area contributed by atoms with Gasteiger partial charge in [-0.2, -0.15) is 14.4 Å². The molecule has 2 saturated heterocycles. The van der Waals surface area contributed by atoms with E-state index in [1.807, 2.05) is 45.7 Å². The predicted molar refractivity (Wildman–Crippen MR) is 125 cm³/mol. The maximum absolute atomic E-state index is 13.0. The van der Waals surface area contributed by atoms with E-state index in [2.05, 4.69) is 50.5 Å². The van der Waals surface area contributed by atoms with Gasteiger partial charge in [0.2, 0.25) is 0 Å². The second kappa shape index (κ2) is 7.91. The first kappa shape index (κ1) is 19.8. The molecule has 4 aliphatic rings. The summed E-state index contributed by atoms with van der Waals surface area (Å²) < 4.78 is 2.56. The van der Waals surface area contributed by atoms with Crippen molar-refractivity contribution in [2.24, 2.45) is 0 Å². The smallest absolute Gasteiger partial charge is 0.256 e. The quantitative estimate of drug-likeness (QED) is 0.667. The topological polar surface area (TPSA) is 57.5 Å². The molecule has 2 aromatic rings. The van der Waals surface area contributed by atoms with E-state index >= 15 is 0 Å². The first-order chi connectivity index (χ1) is 15.7. The average molecular weight is 449 g/mol. The first-order valence-corrected chi connectivity index (χ1v) is 12.2. The Morgan fingerprint density at radius 2 is 1.97 bits per heavy atom. The Labute approximate surface area is 191 Å². The fourth-order valence-electron chi connectivity index (χ4n) is 5.02. The summed E-state index contributed by atoms with van der Waals surface area (Å²) in [6.45, 7) is 5.18. The summed E-state index contributed by atoms with van der Waals surface area (Å²) in [6.07, 6.45) is 12.3. The van der Waals surface area contributed by atoms with Gasteiger partial charge in [-0.3, -0.25) is 4.79 Å². The van der Waals surface area contributed by atoms with E-state index in [0.717, 1.165) is 61.6 Å². The van der Waals surface area contributed by atoms with Crippen molar-refractivity contribution in [1.82, 2.24) is 24.7 Å². The molecule has 0 spiro atoms. The average Bonchev–Trinajstić information content (AvgIpc) is 3.63. The lowest BCUT2D eigenvalue weighted by molar-refractivity contribution is -0.948. The molecule has 2 fully saturated rings. The Hall–Kier alpha value is -2.88. The van der Waals surface area contributed by atoms with Gasteiger partial charge in [0.1, 0.15) is 18.6 Å². The van der Waals surface area contributed by atoms with Crippen molar-refractivity contribution in [2.45, 2.75) is 0 Å². The summed E-state index contributed by atoms with van der Waals surface area (Å²) in [5.74, 6) is 3.95. The lowest BCUT2D eigenvalue weighted by Gasteiger charge is -2.44. The number of thioether (sulfide) groups is 1. The Morgan fingerprint density at radius 1 is 1.06 bits per heavy atom. The molecule has 6 rings (SSSR count). The van der Waals surface area contributed by atoms with E-state index in [0.29, 0.717) is 11.1 Å². The Bertz CT molecular complexity index is 1110. The number of allylic oxidation sites excluding steroid dienone is 3. The maximum atomic E-state index is 13.0. The van der Waals surface area contributed by atoms with E-state index in [1.165, 1.54) is 5.70 Å². The number of fused-ring (bicyclic) bond motifs is 1. The fraction of sp³-hybridized carbons (Fsp3) is 0.348. The number of hydrogen-bond acceptors (Lipinski definition) is 6. The molecule has 2 aromatic heterocycles. The lowest BCUT2D eigenvalue weighted by atomic mass is 10.2. The van der Waals surface area contributed by atoms with Crippen LogP contribution in [0.3, 0.4) is 0 Å². The molecule has 0 unspecified atom stereocenters. The number of aromatic nitrogens is 3. The predicted octanol–water partition coefficient (Wildman–Crippen LogP) is 2.01. The molecule has 0 radical (unpaired) electrons. The molecule has 1 atom stereocenters. The molecular formula is C23H26N7OS+. The second-order valence-electron chi connectivity index (χ2n) is 8.42. The minimum absolute atomic E-state index is 0.203. The Kier molecular flexibility index (Phi) is 4.89. The third-order valence-corrected chi connectivity index (χ3v) is 7.63. The van der Waals surface area contributed by atoms with Crippen LogP contribution in [0.2, 0.25) is 0 Å². The van der Waals surface area contributed by atoms with Gasteiger partial charge in [-0.05, 0) is 18.2 Å². The van der Waals surface area contributed by atoms with Gasteiger partial charge in [-0.15, -0.1) is 16.8 Å². The highest BCUT2D eigenvalue weighted by Crippen LogP contribution is 2.38. The number of carbonyl (C=O) groups is 1. The number of anilines is 1. The van der Waals surface area contributed by atoms with Crippen molar-refractivity contribution in [3.63, 3.8) is 0 Å². The summed E-state index contributed by atoms with van der Waals surface area (Å²) >= 11 is 1.83. The van der Waals surface area contributed by atoms with Crippen molar-refractivity contribution >= 4 is 23.5 Å². The van der Waals surface area contributed by atoms with E-state index in [1.54, 1.807) is 6.20 Å². The van der Waals surface area contributed by atoms with Crippen LogP contribution >= 0.6 is 11.8 Å². The third kappa shape index (κ3) is 3.19. The second-order valence-corrected chi connectivity index (χ2v) is 9.50. The molecule has 8 nitrogen and oxygen atoms in total. The molecule has 0 N–H and O–H groups in total. The number of pyridine rings is 1. The molecule has 0 aliphatic carbocycles. The summed E-state index contributed by atoms with van der Waals surface area (Å²) in [5, 5.41) is 6.99. The molecule has 9 heteroatoms. The molecule has 0 saturated carbocycles. The number of hydrogen-bond donors (Lipinski definition) is 0. The van der Waals surface area contributed by atoms with Gasteiger partial charge in [-0.1, -0.05) is 6.07 Å². The highest BCUT2D eigenvalue weighted by Gasteiger charge is 2.48. The summed E-state index contributed by atoms with van der Waals surface area (Å²) in [7, 11) is 0. The molecule has 0 bridgehead atoms. The minimum atomic E-state index is 0.203. The minimum Gasteiger partial charge on any atom is -0.353 e. The Balaban J connectivity index is 1.17. The van der Waals surface area contributed by atoms with Crippen molar-refractivity contribution in [2.75, 3.05) is 55.8 Å². The Morgan fingerprint density at radius 3 is 2.75 bits per heavy atom. The van der Waals surface area contributed by atoms with Gasteiger partial charge in [0, 0.05) is 49.8 Å². The van der Waals surface area contributed by atoms with Crippen LogP contribution in [0.4, 0.5) is 5.82 Å². The SMILES string of the molecule is O=C(C1=CC2=CC=C[N@@+]2(N2CCN(c3ccnn3-c3ccccn3)CC2)C1)N1CCSC1. The molecule has 0 aromatic carbocycles. The zero-order valence-corrected chi connectivity index (χ0v) is 18.7. The van der Waals surface area contributed by atoms with Gasteiger partial charge < -0.3 is 9.80 Å². The van der Waals surface area contributed by atoms with Crippen LogP contribution < -0.4 is 4.90 Å².